The van der Waals surface area contributed by atoms with Crippen molar-refractivity contribution in [2.75, 3.05) is 0 Å². The molecule has 7 heteroatoms. The Morgan fingerprint density at radius 3 is 2.33 bits per heavy atom. The molecule has 0 aromatic carbocycles. The van der Waals surface area contributed by atoms with Gasteiger partial charge in [-0.1, -0.05) is 26.0 Å². The van der Waals surface area contributed by atoms with Crippen molar-refractivity contribution in [2.45, 2.75) is 45.6 Å². The molecule has 18 heavy (non-hydrogen) atoms. The van der Waals surface area contributed by atoms with Crippen molar-refractivity contribution in [2.24, 2.45) is 0 Å². The highest BCUT2D eigenvalue weighted by atomic mass is 16.4. The molecular weight excluding hydrogens is 238 g/mol. The average molecular weight is 255 g/mol. The normalized spacial score (nSPS) is 11.5. The minimum atomic E-state index is -1.12. The topological polar surface area (TPSA) is 105 Å². The largest absolute Gasteiger partial charge is 0.481 e. The number of carbonyl (C=O) groups is 2. The summed E-state index contributed by atoms with van der Waals surface area (Å²) < 4.78 is 1.48. The average Bonchev–Trinajstić information content (AvgIpc) is 2.60. The molecule has 0 fully saturated rings. The van der Waals surface area contributed by atoms with Gasteiger partial charge in [0.2, 0.25) is 0 Å². The lowest BCUT2D eigenvalue weighted by molar-refractivity contribution is -0.137. The highest BCUT2D eigenvalue weighted by Crippen LogP contribution is 2.24. The van der Waals surface area contributed by atoms with Gasteiger partial charge in [0.1, 0.15) is 0 Å². The van der Waals surface area contributed by atoms with Crippen LogP contribution in [-0.4, -0.2) is 37.1 Å². The van der Waals surface area contributed by atoms with Crippen LogP contribution in [0.3, 0.4) is 0 Å². The van der Waals surface area contributed by atoms with Gasteiger partial charge >= 0.3 is 11.9 Å². The maximum Gasteiger partial charge on any atom is 0.358 e. The number of aromatic nitrogens is 3. The Kier molecular flexibility index (Phi) is 4.05. The molecule has 1 heterocycles. The van der Waals surface area contributed by atoms with E-state index in [4.69, 9.17) is 10.2 Å². The van der Waals surface area contributed by atoms with Gasteiger partial charge < -0.3 is 10.2 Å². The van der Waals surface area contributed by atoms with Crippen LogP contribution in [0.2, 0.25) is 0 Å². The summed E-state index contributed by atoms with van der Waals surface area (Å²) in [6.45, 7) is 5.95. The standard InChI is InChI=1S/C11H17N3O4/c1-11(2,3)9-8(10(17)18)12-13-14(9)6-4-5-7(15)16/h4-6H2,1-3H3,(H,15,16)(H,17,18). The van der Waals surface area contributed by atoms with Crippen molar-refractivity contribution in [3.8, 4) is 0 Å². The third kappa shape index (κ3) is 3.28. The molecule has 0 saturated heterocycles. The Hall–Kier alpha value is -1.92. The maximum absolute atomic E-state index is 11.1. The molecule has 0 aliphatic carbocycles. The van der Waals surface area contributed by atoms with Crippen LogP contribution in [0, 0.1) is 0 Å². The van der Waals surface area contributed by atoms with E-state index in [9.17, 15) is 9.59 Å². The lowest BCUT2D eigenvalue weighted by Crippen LogP contribution is -2.22. The van der Waals surface area contributed by atoms with Crippen molar-refractivity contribution in [3.05, 3.63) is 11.4 Å². The first-order valence-corrected chi connectivity index (χ1v) is 5.62. The molecule has 0 radical (unpaired) electrons. The van der Waals surface area contributed by atoms with Gasteiger partial charge in [0.25, 0.3) is 0 Å². The van der Waals surface area contributed by atoms with Gasteiger partial charge in [0, 0.05) is 18.4 Å². The number of carboxylic acids is 2. The van der Waals surface area contributed by atoms with Gasteiger partial charge in [-0.05, 0) is 6.42 Å². The molecule has 1 aromatic heterocycles. The summed E-state index contributed by atoms with van der Waals surface area (Å²) in [7, 11) is 0. The van der Waals surface area contributed by atoms with Crippen LogP contribution < -0.4 is 0 Å². The summed E-state index contributed by atoms with van der Waals surface area (Å²) in [6.07, 6.45) is 0.409. The summed E-state index contributed by atoms with van der Waals surface area (Å²) in [6, 6.07) is 0. The molecule has 0 amide bonds. The van der Waals surface area contributed by atoms with Gasteiger partial charge in [-0.25, -0.2) is 9.48 Å². The van der Waals surface area contributed by atoms with Crippen molar-refractivity contribution in [1.29, 1.82) is 0 Å². The van der Waals surface area contributed by atoms with Crippen LogP contribution in [0.5, 0.6) is 0 Å². The van der Waals surface area contributed by atoms with Crippen LogP contribution in [0.4, 0.5) is 0 Å². The zero-order valence-electron chi connectivity index (χ0n) is 10.7. The predicted molar refractivity (Wildman–Crippen MR) is 62.6 cm³/mol. The fourth-order valence-electron chi connectivity index (χ4n) is 1.74. The molecule has 1 rings (SSSR count). The van der Waals surface area contributed by atoms with E-state index < -0.39 is 17.4 Å². The van der Waals surface area contributed by atoms with Crippen LogP contribution in [0.15, 0.2) is 0 Å². The van der Waals surface area contributed by atoms with Crippen molar-refractivity contribution >= 4 is 11.9 Å². The number of rotatable bonds is 5. The third-order valence-corrected chi connectivity index (χ3v) is 2.41. The maximum atomic E-state index is 11.1. The molecule has 0 aliphatic heterocycles. The van der Waals surface area contributed by atoms with Gasteiger partial charge in [0.15, 0.2) is 5.69 Å². The fraction of sp³-hybridized carbons (Fsp3) is 0.636. The summed E-state index contributed by atoms with van der Waals surface area (Å²) in [5, 5.41) is 25.1. The summed E-state index contributed by atoms with van der Waals surface area (Å²) >= 11 is 0. The zero-order valence-corrected chi connectivity index (χ0v) is 10.7. The van der Waals surface area contributed by atoms with Crippen LogP contribution in [0.25, 0.3) is 0 Å². The molecule has 0 spiro atoms. The smallest absolute Gasteiger partial charge is 0.358 e. The van der Waals surface area contributed by atoms with Crippen LogP contribution in [0.1, 0.15) is 49.8 Å². The Balaban J connectivity index is 2.98. The van der Waals surface area contributed by atoms with Gasteiger partial charge in [-0.15, -0.1) is 5.10 Å². The number of carboxylic acid groups (broad SMARTS) is 2. The zero-order chi connectivity index (χ0) is 13.9. The Morgan fingerprint density at radius 2 is 1.89 bits per heavy atom. The minimum Gasteiger partial charge on any atom is -0.481 e. The van der Waals surface area contributed by atoms with E-state index in [1.807, 2.05) is 20.8 Å². The van der Waals surface area contributed by atoms with Crippen molar-refractivity contribution < 1.29 is 19.8 Å². The highest BCUT2D eigenvalue weighted by molar-refractivity contribution is 5.86. The van der Waals surface area contributed by atoms with E-state index in [2.05, 4.69) is 10.3 Å². The molecule has 100 valence electrons. The molecule has 0 aliphatic rings. The molecule has 0 atom stereocenters. The van der Waals surface area contributed by atoms with Crippen LogP contribution in [-0.2, 0) is 16.8 Å². The van der Waals surface area contributed by atoms with E-state index in [0.717, 1.165) is 0 Å². The second kappa shape index (κ2) is 5.16. The van der Waals surface area contributed by atoms with Crippen molar-refractivity contribution in [1.82, 2.24) is 15.0 Å². The van der Waals surface area contributed by atoms with Gasteiger partial charge in [-0.3, -0.25) is 4.79 Å². The number of nitrogens with zero attached hydrogens (tertiary/aromatic N) is 3. The number of aliphatic carboxylic acids is 1. The first-order valence-electron chi connectivity index (χ1n) is 5.62. The molecule has 7 nitrogen and oxygen atoms in total. The Labute approximate surface area is 104 Å². The second-order valence-corrected chi connectivity index (χ2v) is 5.06. The number of hydrogen-bond donors (Lipinski definition) is 2. The lowest BCUT2D eigenvalue weighted by Gasteiger charge is -2.20. The van der Waals surface area contributed by atoms with E-state index in [1.165, 1.54) is 4.68 Å². The quantitative estimate of drug-likeness (QED) is 0.817. The molecule has 0 unspecified atom stereocenters. The third-order valence-electron chi connectivity index (χ3n) is 2.41. The molecule has 0 saturated carbocycles. The van der Waals surface area contributed by atoms with Crippen molar-refractivity contribution in [3.63, 3.8) is 0 Å². The summed E-state index contributed by atoms with van der Waals surface area (Å²) in [5.74, 6) is -2.00. The monoisotopic (exact) mass is 255 g/mol. The predicted octanol–water partition coefficient (Wildman–Crippen LogP) is 1.14. The molecule has 1 aromatic rings. The number of hydrogen-bond acceptors (Lipinski definition) is 4. The minimum absolute atomic E-state index is 0.0197. The van der Waals surface area contributed by atoms with E-state index in [-0.39, 0.29) is 12.1 Å². The second-order valence-electron chi connectivity index (χ2n) is 5.06. The fourth-order valence-corrected chi connectivity index (χ4v) is 1.74. The Bertz CT molecular complexity index is 459. The van der Waals surface area contributed by atoms with E-state index >= 15 is 0 Å². The van der Waals surface area contributed by atoms with E-state index in [0.29, 0.717) is 18.7 Å². The van der Waals surface area contributed by atoms with Gasteiger partial charge in [0.05, 0.1) is 5.69 Å². The first-order chi connectivity index (χ1) is 8.23. The number of aryl methyl sites for hydroxylation is 1. The van der Waals surface area contributed by atoms with E-state index in [1.54, 1.807) is 0 Å². The molecular formula is C11H17N3O4. The summed E-state index contributed by atoms with van der Waals surface area (Å²) in [5.41, 5.74) is 0.0266. The SMILES string of the molecule is CC(C)(C)c1c(C(=O)O)nnn1CCCC(=O)O. The van der Waals surface area contributed by atoms with Gasteiger partial charge in [-0.2, -0.15) is 0 Å². The highest BCUT2D eigenvalue weighted by Gasteiger charge is 2.28. The molecule has 2 N–H and O–H groups in total. The Morgan fingerprint density at radius 1 is 1.28 bits per heavy atom. The number of aromatic carboxylic acids is 1. The van der Waals surface area contributed by atoms with Crippen LogP contribution >= 0.6 is 0 Å². The molecule has 0 bridgehead atoms. The lowest BCUT2D eigenvalue weighted by atomic mass is 9.90. The first kappa shape index (κ1) is 14.1. The summed E-state index contributed by atoms with van der Waals surface area (Å²) in [4.78, 5) is 21.5.